The van der Waals surface area contributed by atoms with E-state index < -0.39 is 22.8 Å². The van der Waals surface area contributed by atoms with Crippen molar-refractivity contribution in [3.8, 4) is 34.3 Å². The van der Waals surface area contributed by atoms with Gasteiger partial charge in [-0.1, -0.05) is 60.7 Å². The third-order valence-corrected chi connectivity index (χ3v) is 9.19. The summed E-state index contributed by atoms with van der Waals surface area (Å²) in [5.41, 5.74) is 4.21. The van der Waals surface area contributed by atoms with Crippen molar-refractivity contribution >= 4 is 11.9 Å². The number of hydrogen-bond acceptors (Lipinski definition) is 8. The molecular weight excluding hydrogens is 588 g/mol. The lowest BCUT2D eigenvalue weighted by Gasteiger charge is -2.41. The second-order valence-corrected chi connectivity index (χ2v) is 11.9. The molecule has 0 unspecified atom stereocenters. The highest BCUT2D eigenvalue weighted by Gasteiger charge is 2.56. The van der Waals surface area contributed by atoms with Crippen LogP contribution < -0.4 is 9.47 Å². The molecular formula is C39H28N4O4. The number of hydrogen-bond donors (Lipinski definition) is 0. The van der Waals surface area contributed by atoms with E-state index in [9.17, 15) is 9.59 Å². The lowest BCUT2D eigenvalue weighted by Crippen LogP contribution is -2.41. The molecule has 0 saturated heterocycles. The molecule has 0 bridgehead atoms. The van der Waals surface area contributed by atoms with E-state index in [1.165, 1.54) is 0 Å². The van der Waals surface area contributed by atoms with Gasteiger partial charge in [-0.2, -0.15) is 0 Å². The van der Waals surface area contributed by atoms with Gasteiger partial charge in [-0.05, 0) is 77.2 Å². The van der Waals surface area contributed by atoms with Crippen molar-refractivity contribution in [1.82, 2.24) is 19.9 Å². The molecule has 8 heteroatoms. The summed E-state index contributed by atoms with van der Waals surface area (Å²) in [6.45, 7) is 0. The first-order valence-electron chi connectivity index (χ1n) is 15.4. The van der Waals surface area contributed by atoms with Gasteiger partial charge < -0.3 is 9.47 Å². The monoisotopic (exact) mass is 616 g/mol. The Labute approximate surface area is 271 Å². The minimum Gasteiger partial charge on any atom is -0.426 e. The SMILES string of the molecule is O=C(CC1(CC2(CC(=O)Oc3ccccc3)c3cccnc3-c3ncccc32)c2cccnc2-c2ncccc21)Oc1ccccc1. The van der Waals surface area contributed by atoms with Crippen molar-refractivity contribution in [3.63, 3.8) is 0 Å². The number of nitrogens with zero attached hydrogens (tertiary/aromatic N) is 4. The van der Waals surface area contributed by atoms with Gasteiger partial charge in [0.2, 0.25) is 0 Å². The van der Waals surface area contributed by atoms with Gasteiger partial charge in [0.1, 0.15) is 11.5 Å². The van der Waals surface area contributed by atoms with Crippen LogP contribution in [0, 0.1) is 0 Å². The topological polar surface area (TPSA) is 104 Å². The minimum absolute atomic E-state index is 0.0278. The summed E-state index contributed by atoms with van der Waals surface area (Å²) in [5.74, 6) is 0.0743. The maximum atomic E-state index is 14.0. The zero-order valence-corrected chi connectivity index (χ0v) is 25.2. The average molecular weight is 617 g/mol. The molecule has 4 aromatic heterocycles. The van der Waals surface area contributed by atoms with E-state index in [1.54, 1.807) is 49.1 Å². The molecule has 0 N–H and O–H groups in total. The maximum Gasteiger partial charge on any atom is 0.312 e. The first kappa shape index (κ1) is 28.5. The normalized spacial score (nSPS) is 14.3. The molecule has 2 aliphatic carbocycles. The molecule has 0 saturated carbocycles. The maximum absolute atomic E-state index is 14.0. The van der Waals surface area contributed by atoms with Crippen LogP contribution in [-0.4, -0.2) is 31.9 Å². The third kappa shape index (κ3) is 4.77. The Kier molecular flexibility index (Phi) is 6.90. The van der Waals surface area contributed by atoms with Crippen LogP contribution in [-0.2, 0) is 20.4 Å². The van der Waals surface area contributed by atoms with E-state index >= 15 is 0 Å². The molecule has 47 heavy (non-hydrogen) atoms. The summed E-state index contributed by atoms with van der Waals surface area (Å²) in [7, 11) is 0. The minimum atomic E-state index is -0.989. The van der Waals surface area contributed by atoms with E-state index in [-0.39, 0.29) is 12.8 Å². The number of fused-ring (bicyclic) bond motifs is 6. The van der Waals surface area contributed by atoms with Gasteiger partial charge in [-0.15, -0.1) is 0 Å². The molecule has 0 atom stereocenters. The fourth-order valence-corrected chi connectivity index (χ4v) is 7.42. The van der Waals surface area contributed by atoms with Crippen LogP contribution in [0.4, 0.5) is 0 Å². The molecule has 0 fully saturated rings. The number of rotatable bonds is 8. The van der Waals surface area contributed by atoms with Gasteiger partial charge in [0.25, 0.3) is 0 Å². The van der Waals surface area contributed by atoms with Gasteiger partial charge in [0, 0.05) is 35.6 Å². The number of benzene rings is 2. The second-order valence-electron chi connectivity index (χ2n) is 11.9. The Morgan fingerprint density at radius 3 is 1.09 bits per heavy atom. The number of ether oxygens (including phenoxy) is 2. The van der Waals surface area contributed by atoms with E-state index in [2.05, 4.69) is 0 Å². The lowest BCUT2D eigenvalue weighted by molar-refractivity contribution is -0.135. The summed E-state index contributed by atoms with van der Waals surface area (Å²) >= 11 is 0. The first-order chi connectivity index (χ1) is 23.1. The third-order valence-electron chi connectivity index (χ3n) is 9.19. The summed E-state index contributed by atoms with van der Waals surface area (Å²) in [5, 5.41) is 0. The number of carbonyl (C=O) groups is 2. The summed E-state index contributed by atoms with van der Waals surface area (Å²) in [4.78, 5) is 47.1. The predicted octanol–water partition coefficient (Wildman–Crippen LogP) is 6.88. The fraction of sp³-hybridized carbons (Fsp3) is 0.128. The molecule has 0 amide bonds. The molecule has 0 radical (unpaired) electrons. The molecule has 6 aromatic rings. The molecule has 2 aromatic carbocycles. The van der Waals surface area contributed by atoms with Crippen molar-refractivity contribution in [2.24, 2.45) is 0 Å². The lowest BCUT2D eigenvalue weighted by atomic mass is 9.60. The number of esters is 2. The number of pyridine rings is 4. The summed E-state index contributed by atoms with van der Waals surface area (Å²) in [6, 6.07) is 33.6. The standard InChI is InChI=1S/C39H28N4O4/c44-32(46-26-11-3-1-4-12-26)23-38(28-15-7-19-40-34(28)35-29(38)16-8-20-41-35)25-39(24-33(45)47-27-13-5-2-6-14-27)30-17-9-21-42-36(30)37-31(39)18-10-22-43-37/h1-22H,23-25H2. The summed E-state index contributed by atoms with van der Waals surface area (Å²) in [6.07, 6.45) is 7.17. The highest BCUT2D eigenvalue weighted by Crippen LogP contribution is 2.60. The van der Waals surface area contributed by atoms with Gasteiger partial charge in [0.15, 0.2) is 0 Å². The van der Waals surface area contributed by atoms with Crippen LogP contribution >= 0.6 is 0 Å². The van der Waals surface area contributed by atoms with Crippen LogP contribution in [0.2, 0.25) is 0 Å². The molecule has 0 spiro atoms. The number of para-hydroxylation sites is 2. The Balaban J connectivity index is 1.33. The Morgan fingerprint density at radius 2 is 0.766 bits per heavy atom. The highest BCUT2D eigenvalue weighted by atomic mass is 16.5. The van der Waals surface area contributed by atoms with Crippen LogP contribution in [0.15, 0.2) is 134 Å². The van der Waals surface area contributed by atoms with Crippen LogP contribution in [0.5, 0.6) is 11.5 Å². The first-order valence-corrected chi connectivity index (χ1v) is 15.4. The zero-order valence-electron chi connectivity index (χ0n) is 25.2. The smallest absolute Gasteiger partial charge is 0.312 e. The fourth-order valence-electron chi connectivity index (χ4n) is 7.42. The largest absolute Gasteiger partial charge is 0.426 e. The van der Waals surface area contributed by atoms with Crippen molar-refractivity contribution in [1.29, 1.82) is 0 Å². The van der Waals surface area contributed by atoms with Crippen LogP contribution in [0.1, 0.15) is 41.5 Å². The molecule has 0 aliphatic heterocycles. The molecule has 8 rings (SSSR count). The van der Waals surface area contributed by atoms with Crippen molar-refractivity contribution in [3.05, 3.63) is 156 Å². The predicted molar refractivity (Wildman–Crippen MR) is 175 cm³/mol. The average Bonchev–Trinajstić information content (AvgIpc) is 3.53. The summed E-state index contributed by atoms with van der Waals surface area (Å²) < 4.78 is 11.9. The van der Waals surface area contributed by atoms with E-state index in [1.807, 2.05) is 84.9 Å². The molecule has 228 valence electrons. The second kappa shape index (κ2) is 11.4. The molecule has 4 heterocycles. The number of aromatic nitrogens is 4. The van der Waals surface area contributed by atoms with Crippen LogP contribution in [0.25, 0.3) is 22.8 Å². The van der Waals surface area contributed by atoms with Gasteiger partial charge in [-0.25, -0.2) is 0 Å². The zero-order chi connectivity index (χ0) is 31.8. The van der Waals surface area contributed by atoms with Crippen LogP contribution in [0.3, 0.4) is 0 Å². The van der Waals surface area contributed by atoms with E-state index in [4.69, 9.17) is 29.4 Å². The Morgan fingerprint density at radius 1 is 0.447 bits per heavy atom. The highest BCUT2D eigenvalue weighted by molar-refractivity contribution is 5.85. The Hall–Kier alpha value is -6.02. The van der Waals surface area contributed by atoms with Crippen molar-refractivity contribution < 1.29 is 19.1 Å². The molecule has 8 nitrogen and oxygen atoms in total. The Bertz CT molecular complexity index is 1890. The molecule has 2 aliphatic rings. The van der Waals surface area contributed by atoms with Gasteiger partial charge >= 0.3 is 11.9 Å². The van der Waals surface area contributed by atoms with Gasteiger partial charge in [0.05, 0.1) is 35.6 Å². The van der Waals surface area contributed by atoms with Crippen molar-refractivity contribution in [2.45, 2.75) is 30.1 Å². The van der Waals surface area contributed by atoms with E-state index in [0.717, 1.165) is 22.3 Å². The number of carbonyl (C=O) groups excluding carboxylic acids is 2. The van der Waals surface area contributed by atoms with Gasteiger partial charge in [-0.3, -0.25) is 29.5 Å². The van der Waals surface area contributed by atoms with E-state index in [0.29, 0.717) is 40.7 Å². The quantitative estimate of drug-likeness (QED) is 0.135. The van der Waals surface area contributed by atoms with Crippen molar-refractivity contribution in [2.75, 3.05) is 0 Å².